The van der Waals surface area contributed by atoms with Crippen LogP contribution in [0.3, 0.4) is 0 Å². The van der Waals surface area contributed by atoms with E-state index in [-0.39, 0.29) is 40.7 Å². The fourth-order valence-corrected chi connectivity index (χ4v) is 6.38. The van der Waals surface area contributed by atoms with Gasteiger partial charge in [-0.15, -0.1) is 0 Å². The Hall–Kier alpha value is -2.15. The maximum Gasteiger partial charge on any atom is 0.340 e. The molecule has 198 valence electrons. The largest absolute Gasteiger partial charge is 0.509 e. The van der Waals surface area contributed by atoms with E-state index in [4.69, 9.17) is 25.6 Å². The number of fused-ring (bicyclic) bond motifs is 1. The van der Waals surface area contributed by atoms with Gasteiger partial charge in [0.15, 0.2) is 11.1 Å². The van der Waals surface area contributed by atoms with E-state index in [2.05, 4.69) is 26.1 Å². The molecule has 1 unspecified atom stereocenters. The number of ether oxygens (including phenoxy) is 1. The molecule has 0 aliphatic carbocycles. The van der Waals surface area contributed by atoms with Gasteiger partial charge in [0.1, 0.15) is 17.0 Å². The summed E-state index contributed by atoms with van der Waals surface area (Å²) in [6, 6.07) is 2.73. The Kier molecular flexibility index (Phi) is 8.43. The number of anilines is 1. The number of aliphatic hydroxyl groups excluding tert-OH is 1. The van der Waals surface area contributed by atoms with E-state index in [0.29, 0.717) is 29.2 Å². The first-order valence-electron chi connectivity index (χ1n) is 12.3. The third kappa shape index (κ3) is 5.87. The quantitative estimate of drug-likeness (QED) is 0.348. The lowest BCUT2D eigenvalue weighted by atomic mass is 9.84. The molecule has 10 heteroatoms. The number of hydrogen-bond donors (Lipinski definition) is 2. The number of carbonyl (C=O) groups is 2. The number of nitrogens with zero attached hydrogens (tertiary/aromatic N) is 2. The van der Waals surface area contributed by atoms with Crippen molar-refractivity contribution >= 4 is 48.6 Å². The Balaban J connectivity index is 2.12. The van der Waals surface area contributed by atoms with Gasteiger partial charge in [-0.05, 0) is 37.2 Å². The van der Waals surface area contributed by atoms with Gasteiger partial charge in [-0.1, -0.05) is 57.9 Å². The fraction of sp³-hybridized carbons (Fsp3) is 0.577. The van der Waals surface area contributed by atoms with Gasteiger partial charge in [-0.3, -0.25) is 4.79 Å². The first-order chi connectivity index (χ1) is 16.7. The van der Waals surface area contributed by atoms with Gasteiger partial charge in [0.25, 0.3) is 14.2 Å². The first kappa shape index (κ1) is 28.4. The topological polar surface area (TPSA) is 100 Å². The summed E-state index contributed by atoms with van der Waals surface area (Å²) in [5.74, 6) is -0.664. The second-order valence-electron chi connectivity index (χ2n) is 11.3. The van der Waals surface area contributed by atoms with E-state index < -0.39 is 25.7 Å². The number of nitrogens with one attached hydrogen (secondary N) is 1. The highest BCUT2D eigenvalue weighted by Crippen LogP contribution is 2.47. The van der Waals surface area contributed by atoms with E-state index in [1.165, 1.54) is 6.07 Å². The average molecular weight is 539 g/mol. The third-order valence-corrected chi connectivity index (χ3v) is 8.09. The van der Waals surface area contributed by atoms with Crippen LogP contribution in [0.2, 0.25) is 5.02 Å². The zero-order valence-corrected chi connectivity index (χ0v) is 24.2. The van der Waals surface area contributed by atoms with Crippen LogP contribution < -0.4 is 10.6 Å². The summed E-state index contributed by atoms with van der Waals surface area (Å²) in [6.45, 7) is 17.0. The van der Waals surface area contributed by atoms with Crippen LogP contribution in [0.15, 0.2) is 28.2 Å². The lowest BCUT2D eigenvalue weighted by Gasteiger charge is -2.36. The van der Waals surface area contributed by atoms with Crippen LogP contribution >= 0.6 is 19.9 Å². The second kappa shape index (κ2) is 10.7. The lowest BCUT2D eigenvalue weighted by Crippen LogP contribution is -2.45. The maximum atomic E-state index is 13.8. The van der Waals surface area contributed by atoms with Crippen molar-refractivity contribution in [2.45, 2.75) is 67.9 Å². The Morgan fingerprint density at radius 3 is 2.42 bits per heavy atom. The molecule has 1 aromatic carbocycles. The van der Waals surface area contributed by atoms with Crippen LogP contribution in [0.25, 0.3) is 0 Å². The number of amidine groups is 1. The highest BCUT2D eigenvalue weighted by Gasteiger charge is 2.49. The molecule has 8 nitrogen and oxygen atoms in total. The van der Waals surface area contributed by atoms with Crippen LogP contribution in [0, 0.1) is 10.8 Å². The molecule has 2 aliphatic heterocycles. The summed E-state index contributed by atoms with van der Waals surface area (Å²) >= 11 is 6.33. The minimum Gasteiger partial charge on any atom is -0.509 e. The number of aliphatic hydroxyl groups is 1. The number of amides is 1. The maximum absolute atomic E-state index is 13.8. The molecule has 3 rings (SSSR count). The van der Waals surface area contributed by atoms with Crippen molar-refractivity contribution < 1.29 is 24.0 Å². The van der Waals surface area contributed by atoms with Gasteiger partial charge in [-0.2, -0.15) is 0 Å². The molecule has 36 heavy (non-hydrogen) atoms. The number of rotatable bonds is 7. The summed E-state index contributed by atoms with van der Waals surface area (Å²) in [7, 11) is -2.07. The number of halogens is 1. The monoisotopic (exact) mass is 538 g/mol. The third-order valence-electron chi connectivity index (χ3n) is 6.03. The van der Waals surface area contributed by atoms with E-state index >= 15 is 0 Å². The van der Waals surface area contributed by atoms with E-state index in [9.17, 15) is 14.7 Å². The predicted molar refractivity (Wildman–Crippen MR) is 147 cm³/mol. The highest BCUT2D eigenvalue weighted by atomic mass is 35.5. The molecule has 2 aliphatic rings. The smallest absolute Gasteiger partial charge is 0.340 e. The van der Waals surface area contributed by atoms with Crippen molar-refractivity contribution in [1.29, 1.82) is 0 Å². The molecular weight excluding hydrogens is 501 g/mol. The van der Waals surface area contributed by atoms with Crippen LogP contribution in [0.1, 0.15) is 72.2 Å². The van der Waals surface area contributed by atoms with E-state index in [0.717, 1.165) is 6.42 Å². The molecule has 2 heterocycles. The Morgan fingerprint density at radius 2 is 1.86 bits per heavy atom. The van der Waals surface area contributed by atoms with Crippen molar-refractivity contribution in [3.05, 3.63) is 34.1 Å². The number of benzene rings is 1. The lowest BCUT2D eigenvalue weighted by molar-refractivity contribution is -0.128. The van der Waals surface area contributed by atoms with E-state index in [1.54, 1.807) is 17.9 Å². The Morgan fingerprint density at radius 1 is 1.19 bits per heavy atom. The van der Waals surface area contributed by atoms with Gasteiger partial charge in [-0.25, -0.2) is 9.32 Å². The summed E-state index contributed by atoms with van der Waals surface area (Å²) in [5, 5.41) is 15.6. The molecule has 0 fully saturated rings. The van der Waals surface area contributed by atoms with Crippen molar-refractivity contribution in [3.8, 4) is 0 Å². The minimum absolute atomic E-state index is 0.0135. The molecule has 0 saturated carbocycles. The number of hydrogen-bond acceptors (Lipinski definition) is 7. The molecular formula is C26H38ClN3O5P+. The Labute approximate surface area is 220 Å². The van der Waals surface area contributed by atoms with Crippen molar-refractivity contribution in [1.82, 2.24) is 4.90 Å². The fourth-order valence-electron chi connectivity index (χ4n) is 4.39. The van der Waals surface area contributed by atoms with Crippen LogP contribution in [-0.4, -0.2) is 53.5 Å². The SMILES string of the molecule is CCOC(=O)c1cc(Cl)cc2c1NC(C1=C(O)[C@H](C(C)(C)C)N(CCC(C)(C)C)C1=O)=N[PH+]2OCC. The molecule has 1 aromatic rings. The molecule has 2 atom stereocenters. The summed E-state index contributed by atoms with van der Waals surface area (Å²) in [5.41, 5.74) is 0.389. The summed E-state index contributed by atoms with van der Waals surface area (Å²) in [4.78, 5) is 28.3. The highest BCUT2D eigenvalue weighted by molar-refractivity contribution is 7.60. The van der Waals surface area contributed by atoms with Crippen molar-refractivity contribution in [3.63, 3.8) is 0 Å². The first-order valence-corrected chi connectivity index (χ1v) is 14.0. The molecule has 0 spiro atoms. The molecule has 0 aromatic heterocycles. The van der Waals surface area contributed by atoms with Gasteiger partial charge in [0, 0.05) is 17.6 Å². The minimum atomic E-state index is -2.07. The molecule has 0 saturated heterocycles. The van der Waals surface area contributed by atoms with Crippen LogP contribution in [0.4, 0.5) is 5.69 Å². The normalized spacial score (nSPS) is 20.3. The van der Waals surface area contributed by atoms with Crippen molar-refractivity contribution in [2.75, 3.05) is 25.1 Å². The Bertz CT molecular complexity index is 1100. The van der Waals surface area contributed by atoms with Gasteiger partial charge in [0.2, 0.25) is 0 Å². The molecule has 0 radical (unpaired) electrons. The average Bonchev–Trinajstić information content (AvgIpc) is 3.01. The number of esters is 1. The van der Waals surface area contributed by atoms with Crippen LogP contribution in [0.5, 0.6) is 0 Å². The zero-order chi connectivity index (χ0) is 27.0. The van der Waals surface area contributed by atoms with Gasteiger partial charge >= 0.3 is 5.97 Å². The molecule has 0 bridgehead atoms. The van der Waals surface area contributed by atoms with E-state index in [1.807, 2.05) is 27.7 Å². The molecule has 1 amide bonds. The summed E-state index contributed by atoms with van der Waals surface area (Å²) < 4.78 is 16.0. The van der Waals surface area contributed by atoms with Gasteiger partial charge < -0.3 is 20.1 Å². The van der Waals surface area contributed by atoms with Crippen molar-refractivity contribution in [2.24, 2.45) is 15.6 Å². The second-order valence-corrected chi connectivity index (χ2v) is 13.4. The van der Waals surface area contributed by atoms with Gasteiger partial charge in [0.05, 0.1) is 24.8 Å². The standard InChI is InChI=1S/C26H37ClN3O5P/c1-9-34-24(33)16-13-15(27)14-17-19(16)28-22(29-36(17)35-10-2)18-20(31)21(26(6,7)8)30(23(18)32)12-11-25(3,4)5/h13-14,21,31H,9-12H2,1-8H3,(H,28,29)/p+1/t21-,36?/m1/s1. The predicted octanol–water partition coefficient (Wildman–Crippen LogP) is 5.55. The summed E-state index contributed by atoms with van der Waals surface area (Å²) in [6.07, 6.45) is 0.772. The van der Waals surface area contributed by atoms with Crippen LogP contribution in [-0.2, 0) is 14.1 Å². The zero-order valence-electron chi connectivity index (χ0n) is 22.4. The number of carbonyl (C=O) groups excluding carboxylic acids is 2. The molecule has 2 N–H and O–H groups in total.